The first-order chi connectivity index (χ1) is 9.41. The summed E-state index contributed by atoms with van der Waals surface area (Å²) in [5.74, 6) is -1.23. The van der Waals surface area contributed by atoms with E-state index in [1.165, 1.54) is 11.0 Å². The maximum Gasteiger partial charge on any atom is 0.259 e. The number of aromatic hydroxyl groups is 1. The summed E-state index contributed by atoms with van der Waals surface area (Å²) < 4.78 is 14.3. The van der Waals surface area contributed by atoms with E-state index >= 15 is 0 Å². The Bertz CT molecular complexity index is 766. The van der Waals surface area contributed by atoms with Gasteiger partial charge in [0.2, 0.25) is 0 Å². The number of pyridine rings is 1. The fourth-order valence-corrected chi connectivity index (χ4v) is 2.80. The number of carbonyl (C=O) groups is 1. The molecule has 1 aromatic carbocycles. The lowest BCUT2D eigenvalue weighted by atomic mass is 10.0. The number of carbonyl (C=O) groups excluding carboxylic acids is 1. The lowest BCUT2D eigenvalue weighted by Crippen LogP contribution is -2.34. The highest BCUT2D eigenvalue weighted by molar-refractivity contribution is 9.10. The van der Waals surface area contributed by atoms with Crippen molar-refractivity contribution in [1.29, 1.82) is 0 Å². The Morgan fingerprint density at radius 1 is 1.55 bits per heavy atom. The number of amides is 1. The van der Waals surface area contributed by atoms with Gasteiger partial charge in [0.15, 0.2) is 5.82 Å². The molecule has 0 saturated carbocycles. The summed E-state index contributed by atoms with van der Waals surface area (Å²) in [4.78, 5) is 17.8. The second-order valence-corrected chi connectivity index (χ2v) is 5.84. The van der Waals surface area contributed by atoms with Gasteiger partial charge in [-0.3, -0.25) is 4.79 Å². The second kappa shape index (κ2) is 4.56. The highest BCUT2D eigenvalue weighted by Crippen LogP contribution is 2.38. The Morgan fingerprint density at radius 2 is 2.25 bits per heavy atom. The van der Waals surface area contributed by atoms with Crippen LogP contribution in [0.5, 0.6) is 5.75 Å². The van der Waals surface area contributed by atoms with Gasteiger partial charge in [0, 0.05) is 25.4 Å². The van der Waals surface area contributed by atoms with Crippen LogP contribution in [0.3, 0.4) is 0 Å². The minimum Gasteiger partial charge on any atom is -0.506 e. The van der Waals surface area contributed by atoms with E-state index in [1.807, 2.05) is 0 Å². The first-order valence-corrected chi connectivity index (χ1v) is 7.03. The van der Waals surface area contributed by atoms with E-state index in [4.69, 9.17) is 11.6 Å². The number of rotatable bonds is 0. The van der Waals surface area contributed by atoms with Crippen molar-refractivity contribution in [3.8, 4) is 5.75 Å². The van der Waals surface area contributed by atoms with Crippen LogP contribution >= 0.6 is 27.5 Å². The quantitative estimate of drug-likeness (QED) is 0.735. The van der Waals surface area contributed by atoms with Gasteiger partial charge in [0.25, 0.3) is 5.91 Å². The van der Waals surface area contributed by atoms with Gasteiger partial charge in [-0.15, -0.1) is 0 Å². The second-order valence-electron chi connectivity index (χ2n) is 4.64. The van der Waals surface area contributed by atoms with Crippen molar-refractivity contribution < 1.29 is 14.3 Å². The van der Waals surface area contributed by atoms with E-state index in [1.54, 1.807) is 7.05 Å². The van der Waals surface area contributed by atoms with Crippen LogP contribution in [-0.2, 0) is 6.42 Å². The molecule has 1 aliphatic heterocycles. The van der Waals surface area contributed by atoms with Crippen molar-refractivity contribution in [3.63, 3.8) is 0 Å². The van der Waals surface area contributed by atoms with Crippen LogP contribution in [0, 0.1) is 5.82 Å². The van der Waals surface area contributed by atoms with Gasteiger partial charge in [-0.05, 0) is 22.0 Å². The van der Waals surface area contributed by atoms with Gasteiger partial charge >= 0.3 is 0 Å². The first-order valence-electron chi connectivity index (χ1n) is 5.86. The van der Waals surface area contributed by atoms with Gasteiger partial charge in [-0.25, -0.2) is 9.37 Å². The van der Waals surface area contributed by atoms with Crippen LogP contribution in [0.1, 0.15) is 16.1 Å². The molecule has 2 aromatic rings. The lowest BCUT2D eigenvalue weighted by molar-refractivity contribution is 0.0776. The number of nitrogens with zero attached hydrogens (tertiary/aromatic N) is 2. The van der Waals surface area contributed by atoms with Crippen molar-refractivity contribution in [3.05, 3.63) is 32.6 Å². The third-order valence-electron chi connectivity index (χ3n) is 3.41. The van der Waals surface area contributed by atoms with Crippen LogP contribution in [0.2, 0.25) is 5.02 Å². The standard InChI is InChI=1S/C13H9BrClFN2O2/c1-18-3-2-7-8(13(18)20)12(19)5-4-6(15)9(14)10(16)11(5)17-7/h4H,2-3H2,1H3,(H,17,19). The molecule has 4 nitrogen and oxygen atoms in total. The Kier molecular flexibility index (Phi) is 3.10. The van der Waals surface area contributed by atoms with Crippen LogP contribution in [0.4, 0.5) is 4.39 Å². The van der Waals surface area contributed by atoms with Gasteiger partial charge in [-0.1, -0.05) is 11.6 Å². The average Bonchev–Trinajstić information content (AvgIpc) is 2.42. The monoisotopic (exact) mass is 358 g/mol. The van der Waals surface area contributed by atoms with E-state index in [0.717, 1.165) is 0 Å². The third kappa shape index (κ3) is 1.78. The van der Waals surface area contributed by atoms with Crippen molar-refractivity contribution in [2.75, 3.05) is 13.6 Å². The molecule has 1 N–H and O–H groups in total. The molecule has 0 spiro atoms. The molecule has 1 amide bonds. The number of likely N-dealkylation sites (N-methyl/N-ethyl adjacent to an activating group) is 1. The molecule has 0 aliphatic carbocycles. The molecule has 104 valence electrons. The Labute approximate surface area is 127 Å². The highest BCUT2D eigenvalue weighted by Gasteiger charge is 2.29. The predicted molar refractivity (Wildman–Crippen MR) is 76.7 cm³/mol. The van der Waals surface area contributed by atoms with Crippen molar-refractivity contribution >= 4 is 44.3 Å². The van der Waals surface area contributed by atoms with E-state index in [-0.39, 0.29) is 37.6 Å². The topological polar surface area (TPSA) is 53.4 Å². The summed E-state index contributed by atoms with van der Waals surface area (Å²) in [5.41, 5.74) is 0.546. The van der Waals surface area contributed by atoms with Crippen LogP contribution in [-0.4, -0.2) is 34.5 Å². The Hall–Kier alpha value is -1.40. The van der Waals surface area contributed by atoms with Crippen molar-refractivity contribution in [2.24, 2.45) is 0 Å². The zero-order valence-electron chi connectivity index (χ0n) is 10.4. The number of hydrogen-bond acceptors (Lipinski definition) is 3. The zero-order chi connectivity index (χ0) is 14.6. The number of fused-ring (bicyclic) bond motifs is 2. The molecule has 2 heterocycles. The smallest absolute Gasteiger partial charge is 0.259 e. The number of halogens is 3. The fraction of sp³-hybridized carbons (Fsp3) is 0.231. The van der Waals surface area contributed by atoms with E-state index in [2.05, 4.69) is 20.9 Å². The molecule has 1 aromatic heterocycles. The molecular formula is C13H9BrClFN2O2. The minimum absolute atomic E-state index is 0.00915. The summed E-state index contributed by atoms with van der Waals surface area (Å²) in [6.45, 7) is 0.486. The van der Waals surface area contributed by atoms with Crippen molar-refractivity contribution in [1.82, 2.24) is 9.88 Å². The van der Waals surface area contributed by atoms with Gasteiger partial charge in [0.05, 0.1) is 15.2 Å². The van der Waals surface area contributed by atoms with Gasteiger partial charge in [-0.2, -0.15) is 0 Å². The molecule has 3 rings (SSSR count). The van der Waals surface area contributed by atoms with Gasteiger partial charge < -0.3 is 10.0 Å². The molecule has 20 heavy (non-hydrogen) atoms. The minimum atomic E-state index is -0.642. The SMILES string of the molecule is CN1CCc2nc3c(F)c(Br)c(Cl)cc3c(O)c2C1=O. The van der Waals surface area contributed by atoms with Crippen molar-refractivity contribution in [2.45, 2.75) is 6.42 Å². The van der Waals surface area contributed by atoms with Crippen LogP contribution in [0.15, 0.2) is 10.5 Å². The molecule has 0 radical (unpaired) electrons. The summed E-state index contributed by atoms with van der Waals surface area (Å²) in [5, 5.41) is 10.5. The van der Waals surface area contributed by atoms with E-state index in [0.29, 0.717) is 18.7 Å². The first kappa shape index (κ1) is 13.6. The van der Waals surface area contributed by atoms with Crippen LogP contribution < -0.4 is 0 Å². The molecule has 0 bridgehead atoms. The molecule has 0 unspecified atom stereocenters. The maximum atomic E-state index is 14.2. The summed E-state index contributed by atoms with van der Waals surface area (Å²) in [6, 6.07) is 1.40. The largest absolute Gasteiger partial charge is 0.506 e. The third-order valence-corrected chi connectivity index (χ3v) is 4.71. The summed E-state index contributed by atoms with van der Waals surface area (Å²) in [6.07, 6.45) is 0.473. The molecule has 0 saturated heterocycles. The zero-order valence-corrected chi connectivity index (χ0v) is 12.7. The fourth-order valence-electron chi connectivity index (χ4n) is 2.31. The highest BCUT2D eigenvalue weighted by atomic mass is 79.9. The number of hydrogen-bond donors (Lipinski definition) is 1. The predicted octanol–water partition coefficient (Wildman–Crippen LogP) is 3.12. The molecular weight excluding hydrogens is 351 g/mol. The normalized spacial score (nSPS) is 14.8. The molecule has 7 heteroatoms. The number of aromatic nitrogens is 1. The molecule has 0 fully saturated rings. The van der Waals surface area contributed by atoms with E-state index < -0.39 is 5.82 Å². The Balaban J connectivity index is 2.42. The molecule has 1 aliphatic rings. The van der Waals surface area contributed by atoms with E-state index in [9.17, 15) is 14.3 Å². The average molecular weight is 360 g/mol. The van der Waals surface area contributed by atoms with Gasteiger partial charge in [0.1, 0.15) is 16.8 Å². The maximum absolute atomic E-state index is 14.2. The number of benzene rings is 1. The molecule has 0 atom stereocenters. The van der Waals surface area contributed by atoms with Crippen LogP contribution in [0.25, 0.3) is 10.9 Å². The lowest BCUT2D eigenvalue weighted by Gasteiger charge is -2.25. The summed E-state index contributed by atoms with van der Waals surface area (Å²) >= 11 is 8.93. The Morgan fingerprint density at radius 3 is 2.95 bits per heavy atom. The summed E-state index contributed by atoms with van der Waals surface area (Å²) in [7, 11) is 1.64.